The largest absolute Gasteiger partial charge is 0.368 e. The molecule has 2 fully saturated rings. The summed E-state index contributed by atoms with van der Waals surface area (Å²) in [6.45, 7) is 2.24. The van der Waals surface area contributed by atoms with Gasteiger partial charge in [-0.15, -0.1) is 0 Å². The number of rotatable bonds is 3. The molecule has 1 amide bonds. The number of hydrogen-bond donors (Lipinski definition) is 2. The lowest BCUT2D eigenvalue weighted by molar-refractivity contribution is -0.121. The molecule has 3 nitrogen and oxygen atoms in total. The molecule has 2 aliphatic rings. The molecule has 0 aromatic rings. The van der Waals surface area contributed by atoms with Crippen LogP contribution >= 0.6 is 0 Å². The van der Waals surface area contributed by atoms with Crippen LogP contribution in [0, 0.1) is 5.92 Å². The van der Waals surface area contributed by atoms with E-state index in [0.29, 0.717) is 6.04 Å². The Balaban J connectivity index is 1.83. The van der Waals surface area contributed by atoms with Crippen molar-refractivity contribution in [1.29, 1.82) is 0 Å². The number of hydrogen-bond acceptors (Lipinski definition) is 2. The van der Waals surface area contributed by atoms with Crippen LogP contribution in [0.3, 0.4) is 0 Å². The normalized spacial score (nSPS) is 37.1. The molecule has 0 atom stereocenters. The van der Waals surface area contributed by atoms with E-state index in [1.165, 1.54) is 12.8 Å². The van der Waals surface area contributed by atoms with Crippen molar-refractivity contribution < 1.29 is 4.79 Å². The zero-order valence-electron chi connectivity index (χ0n) is 7.47. The molecule has 0 saturated heterocycles. The summed E-state index contributed by atoms with van der Waals surface area (Å²) in [4.78, 5) is 11.0. The van der Waals surface area contributed by atoms with Crippen LogP contribution in [0.25, 0.3) is 0 Å². The zero-order chi connectivity index (χ0) is 8.77. The number of carbonyl (C=O) groups excluding carboxylic acids is 1. The molecule has 0 unspecified atom stereocenters. The number of amides is 1. The highest BCUT2D eigenvalue weighted by atomic mass is 16.1. The van der Waals surface area contributed by atoms with Crippen molar-refractivity contribution in [2.45, 2.75) is 44.2 Å². The molecule has 0 aromatic heterocycles. The Bertz CT molecular complexity index is 205. The van der Waals surface area contributed by atoms with E-state index in [0.717, 1.165) is 18.8 Å². The van der Waals surface area contributed by atoms with Crippen molar-refractivity contribution in [1.82, 2.24) is 5.32 Å². The van der Waals surface area contributed by atoms with Crippen LogP contribution in [0.15, 0.2) is 0 Å². The van der Waals surface area contributed by atoms with Crippen LogP contribution in [-0.2, 0) is 4.79 Å². The van der Waals surface area contributed by atoms with E-state index in [-0.39, 0.29) is 11.4 Å². The van der Waals surface area contributed by atoms with E-state index < -0.39 is 0 Å². The van der Waals surface area contributed by atoms with Crippen molar-refractivity contribution in [2.75, 3.05) is 0 Å². The van der Waals surface area contributed by atoms with Gasteiger partial charge in [0.25, 0.3) is 0 Å². The topological polar surface area (TPSA) is 55.1 Å². The molecule has 2 saturated carbocycles. The molecule has 0 aromatic carbocycles. The van der Waals surface area contributed by atoms with Crippen LogP contribution in [0.5, 0.6) is 0 Å². The van der Waals surface area contributed by atoms with Gasteiger partial charge in [0.2, 0.25) is 5.91 Å². The number of nitrogens with two attached hydrogens (primary N) is 1. The molecule has 0 heterocycles. The summed E-state index contributed by atoms with van der Waals surface area (Å²) >= 11 is 0. The molecule has 0 bridgehead atoms. The predicted octanol–water partition coefficient (Wildman–Crippen LogP) is 0.392. The fourth-order valence-corrected chi connectivity index (χ4v) is 2.00. The molecular weight excluding hydrogens is 152 g/mol. The van der Waals surface area contributed by atoms with Gasteiger partial charge >= 0.3 is 0 Å². The van der Waals surface area contributed by atoms with E-state index in [1.54, 1.807) is 0 Å². The Hall–Kier alpha value is -0.570. The minimum atomic E-state index is -0.301. The summed E-state index contributed by atoms with van der Waals surface area (Å²) in [5, 5.41) is 3.36. The summed E-state index contributed by atoms with van der Waals surface area (Å²) in [6.07, 6.45) is 4.28. The van der Waals surface area contributed by atoms with Gasteiger partial charge in [-0.2, -0.15) is 0 Å². The lowest BCUT2D eigenvalue weighted by Crippen LogP contribution is -2.52. The first kappa shape index (κ1) is 8.05. The fourth-order valence-electron chi connectivity index (χ4n) is 2.00. The molecule has 3 heteroatoms. The Morgan fingerprint density at radius 3 is 2.42 bits per heavy atom. The third kappa shape index (κ3) is 1.22. The lowest BCUT2D eigenvalue weighted by Gasteiger charge is -2.35. The number of primary amides is 1. The highest BCUT2D eigenvalue weighted by Crippen LogP contribution is 2.38. The second-order valence-electron chi connectivity index (χ2n) is 4.36. The fraction of sp³-hybridized carbons (Fsp3) is 0.889. The van der Waals surface area contributed by atoms with Crippen LogP contribution in [0.1, 0.15) is 32.6 Å². The maximum absolute atomic E-state index is 11.0. The molecule has 0 radical (unpaired) electrons. The minimum absolute atomic E-state index is 0.165. The van der Waals surface area contributed by atoms with E-state index in [9.17, 15) is 4.79 Å². The number of carbonyl (C=O) groups is 1. The van der Waals surface area contributed by atoms with Crippen molar-refractivity contribution in [3.63, 3.8) is 0 Å². The molecule has 0 spiro atoms. The van der Waals surface area contributed by atoms with Crippen LogP contribution in [-0.4, -0.2) is 17.5 Å². The molecule has 0 aliphatic heterocycles. The van der Waals surface area contributed by atoms with E-state index in [4.69, 9.17) is 5.73 Å². The minimum Gasteiger partial charge on any atom is -0.368 e. The Morgan fingerprint density at radius 1 is 1.50 bits per heavy atom. The van der Waals surface area contributed by atoms with Crippen molar-refractivity contribution in [3.8, 4) is 0 Å². The highest BCUT2D eigenvalue weighted by Gasteiger charge is 2.50. The van der Waals surface area contributed by atoms with Crippen LogP contribution in [0.4, 0.5) is 0 Å². The first-order valence-corrected chi connectivity index (χ1v) is 4.70. The average Bonchev–Trinajstić information content (AvgIpc) is 2.66. The summed E-state index contributed by atoms with van der Waals surface area (Å²) < 4.78 is 0. The second kappa shape index (κ2) is 2.46. The summed E-state index contributed by atoms with van der Waals surface area (Å²) in [5.74, 6) is 0.660. The van der Waals surface area contributed by atoms with Gasteiger partial charge in [-0.05, 0) is 31.6 Å². The Morgan fingerprint density at radius 2 is 2.08 bits per heavy atom. The van der Waals surface area contributed by atoms with Gasteiger partial charge < -0.3 is 11.1 Å². The third-order valence-corrected chi connectivity index (χ3v) is 3.08. The summed E-state index contributed by atoms with van der Waals surface area (Å²) in [5.41, 5.74) is 4.99. The summed E-state index contributed by atoms with van der Waals surface area (Å²) in [6, 6.07) is 0.551. The number of nitrogens with one attached hydrogen (secondary N) is 1. The summed E-state index contributed by atoms with van der Waals surface area (Å²) in [7, 11) is 0. The maximum Gasteiger partial charge on any atom is 0.237 e. The van der Waals surface area contributed by atoms with Gasteiger partial charge in [-0.25, -0.2) is 0 Å². The maximum atomic E-state index is 11.0. The van der Waals surface area contributed by atoms with E-state index in [2.05, 4.69) is 12.2 Å². The Labute approximate surface area is 72.7 Å². The highest BCUT2D eigenvalue weighted by molar-refractivity contribution is 5.87. The van der Waals surface area contributed by atoms with Gasteiger partial charge in [0, 0.05) is 6.04 Å². The first-order valence-electron chi connectivity index (χ1n) is 4.70. The van der Waals surface area contributed by atoms with Gasteiger partial charge in [0.05, 0.1) is 5.54 Å². The molecule has 3 N–H and O–H groups in total. The van der Waals surface area contributed by atoms with Crippen LogP contribution < -0.4 is 11.1 Å². The van der Waals surface area contributed by atoms with Gasteiger partial charge in [-0.1, -0.05) is 6.92 Å². The second-order valence-corrected chi connectivity index (χ2v) is 4.36. The van der Waals surface area contributed by atoms with Gasteiger partial charge in [-0.3, -0.25) is 4.79 Å². The smallest absolute Gasteiger partial charge is 0.237 e. The molecule has 2 aliphatic carbocycles. The van der Waals surface area contributed by atoms with Crippen molar-refractivity contribution >= 4 is 5.91 Å². The third-order valence-electron chi connectivity index (χ3n) is 3.08. The SMILES string of the molecule is CC1CC(NC2(C(N)=O)CC2)C1. The van der Waals surface area contributed by atoms with Gasteiger partial charge in [0.1, 0.15) is 0 Å². The van der Waals surface area contributed by atoms with Crippen LogP contribution in [0.2, 0.25) is 0 Å². The molecular formula is C9H16N2O. The average molecular weight is 168 g/mol. The van der Waals surface area contributed by atoms with E-state index in [1.807, 2.05) is 0 Å². The molecule has 2 rings (SSSR count). The van der Waals surface area contributed by atoms with Gasteiger partial charge in [0.15, 0.2) is 0 Å². The van der Waals surface area contributed by atoms with Crippen molar-refractivity contribution in [3.05, 3.63) is 0 Å². The first-order chi connectivity index (χ1) is 5.62. The van der Waals surface area contributed by atoms with Crippen molar-refractivity contribution in [2.24, 2.45) is 11.7 Å². The predicted molar refractivity (Wildman–Crippen MR) is 46.5 cm³/mol. The molecule has 12 heavy (non-hydrogen) atoms. The standard InChI is InChI=1S/C9H16N2O/c1-6-4-7(5-6)11-9(2-3-9)8(10)12/h6-7,11H,2-5H2,1H3,(H2,10,12). The van der Waals surface area contributed by atoms with E-state index >= 15 is 0 Å². The quantitative estimate of drug-likeness (QED) is 0.640. The lowest BCUT2D eigenvalue weighted by atomic mass is 9.81. The Kier molecular flexibility index (Phi) is 1.65. The monoisotopic (exact) mass is 168 g/mol. The zero-order valence-corrected chi connectivity index (χ0v) is 7.47. The molecule has 68 valence electrons.